The number of halogens is 4. The van der Waals surface area contributed by atoms with Crippen molar-refractivity contribution in [2.75, 3.05) is 18.0 Å². The van der Waals surface area contributed by atoms with Gasteiger partial charge in [-0.1, -0.05) is 6.92 Å². The number of rotatable bonds is 1. The Kier molecular flexibility index (Phi) is 4.11. The van der Waals surface area contributed by atoms with Crippen molar-refractivity contribution in [3.63, 3.8) is 0 Å². The molecule has 1 aromatic rings. The van der Waals surface area contributed by atoms with Crippen LogP contribution in [0, 0.1) is 5.92 Å². The maximum Gasteiger partial charge on any atom is 0.416 e. The van der Waals surface area contributed by atoms with Gasteiger partial charge in [0.2, 0.25) is 0 Å². The molecule has 0 saturated carbocycles. The summed E-state index contributed by atoms with van der Waals surface area (Å²) in [5.74, 6) is 0.449. The molecule has 6 heteroatoms. The van der Waals surface area contributed by atoms with Crippen molar-refractivity contribution in [2.24, 2.45) is 11.7 Å². The zero-order chi connectivity index (χ0) is 14.2. The summed E-state index contributed by atoms with van der Waals surface area (Å²) in [5.41, 5.74) is 6.15. The van der Waals surface area contributed by atoms with Crippen LogP contribution in [0.5, 0.6) is 0 Å². The van der Waals surface area contributed by atoms with Crippen LogP contribution in [-0.2, 0) is 6.18 Å². The fraction of sp³-hybridized carbons (Fsp3) is 0.538. The lowest BCUT2D eigenvalue weighted by Gasteiger charge is -2.37. The van der Waals surface area contributed by atoms with Gasteiger partial charge in [0.15, 0.2) is 0 Å². The Morgan fingerprint density at radius 3 is 2.58 bits per heavy atom. The minimum absolute atomic E-state index is 0.0583. The molecule has 1 fully saturated rings. The van der Waals surface area contributed by atoms with E-state index in [1.54, 1.807) is 0 Å². The van der Waals surface area contributed by atoms with Gasteiger partial charge in [0.25, 0.3) is 0 Å². The Bertz CT molecular complexity index is 462. The largest absolute Gasteiger partial charge is 0.416 e. The Hall–Kier alpha value is -0.750. The second-order valence-corrected chi connectivity index (χ2v) is 5.89. The molecule has 2 unspecified atom stereocenters. The highest BCUT2D eigenvalue weighted by atomic mass is 79.9. The summed E-state index contributed by atoms with van der Waals surface area (Å²) in [4.78, 5) is 2.04. The molecule has 106 valence electrons. The molecule has 1 saturated heterocycles. The molecule has 1 aliphatic rings. The van der Waals surface area contributed by atoms with Gasteiger partial charge in [0, 0.05) is 23.6 Å². The second kappa shape index (κ2) is 5.32. The molecule has 2 nitrogen and oxygen atoms in total. The van der Waals surface area contributed by atoms with E-state index < -0.39 is 11.7 Å². The summed E-state index contributed by atoms with van der Waals surface area (Å²) in [6, 6.07) is 3.81. The average Bonchev–Trinajstić information content (AvgIpc) is 2.31. The molecule has 2 rings (SSSR count). The number of benzene rings is 1. The summed E-state index contributed by atoms with van der Waals surface area (Å²) >= 11 is 3.23. The highest BCUT2D eigenvalue weighted by Crippen LogP contribution is 2.36. The summed E-state index contributed by atoms with van der Waals surface area (Å²) in [6.07, 6.45) is -3.36. The highest BCUT2D eigenvalue weighted by molar-refractivity contribution is 9.10. The summed E-state index contributed by atoms with van der Waals surface area (Å²) in [6.45, 7) is 3.59. The van der Waals surface area contributed by atoms with Crippen LogP contribution in [0.25, 0.3) is 0 Å². The molecule has 0 bridgehead atoms. The maximum absolute atomic E-state index is 12.6. The van der Waals surface area contributed by atoms with Crippen LogP contribution in [0.1, 0.15) is 18.9 Å². The van der Waals surface area contributed by atoms with Gasteiger partial charge < -0.3 is 10.6 Å². The maximum atomic E-state index is 12.6. The van der Waals surface area contributed by atoms with Gasteiger partial charge in [-0.2, -0.15) is 13.2 Å². The number of anilines is 1. The third-order valence-corrected chi connectivity index (χ3v) is 4.27. The number of alkyl halides is 3. The van der Waals surface area contributed by atoms with Crippen LogP contribution < -0.4 is 10.6 Å². The van der Waals surface area contributed by atoms with Crippen molar-refractivity contribution in [1.82, 2.24) is 0 Å². The first-order valence-corrected chi connectivity index (χ1v) is 6.95. The molecule has 2 atom stereocenters. The van der Waals surface area contributed by atoms with Crippen LogP contribution in [0.3, 0.4) is 0 Å². The molecule has 0 spiro atoms. The molecule has 19 heavy (non-hydrogen) atoms. The third kappa shape index (κ3) is 3.23. The number of nitrogens with two attached hydrogens (primary N) is 1. The Labute approximate surface area is 118 Å². The first-order chi connectivity index (χ1) is 8.79. The normalized spacial score (nSPS) is 24.6. The van der Waals surface area contributed by atoms with E-state index in [4.69, 9.17) is 5.73 Å². The second-order valence-electron chi connectivity index (χ2n) is 5.04. The minimum atomic E-state index is -4.31. The van der Waals surface area contributed by atoms with Crippen molar-refractivity contribution in [3.05, 3.63) is 28.2 Å². The lowest BCUT2D eigenvalue weighted by molar-refractivity contribution is -0.137. The van der Waals surface area contributed by atoms with E-state index in [2.05, 4.69) is 22.9 Å². The van der Waals surface area contributed by atoms with E-state index in [0.717, 1.165) is 30.8 Å². The topological polar surface area (TPSA) is 29.3 Å². The Morgan fingerprint density at radius 1 is 1.37 bits per heavy atom. The van der Waals surface area contributed by atoms with Crippen LogP contribution in [0.4, 0.5) is 18.9 Å². The Balaban J connectivity index is 2.22. The predicted molar refractivity (Wildman–Crippen MR) is 73.1 cm³/mol. The fourth-order valence-electron chi connectivity index (χ4n) is 2.26. The molecule has 1 heterocycles. The van der Waals surface area contributed by atoms with Gasteiger partial charge in [-0.15, -0.1) is 0 Å². The number of hydrogen-bond donors (Lipinski definition) is 1. The minimum Gasteiger partial charge on any atom is -0.369 e. The molecule has 0 amide bonds. The van der Waals surface area contributed by atoms with Crippen LogP contribution in [-0.4, -0.2) is 19.1 Å². The number of hydrogen-bond acceptors (Lipinski definition) is 2. The van der Waals surface area contributed by atoms with Crippen LogP contribution in [0.2, 0.25) is 0 Å². The third-order valence-electron chi connectivity index (χ3n) is 3.63. The molecular weight excluding hydrogens is 321 g/mol. The van der Waals surface area contributed by atoms with Gasteiger partial charge in [0.05, 0.1) is 11.3 Å². The van der Waals surface area contributed by atoms with Gasteiger partial charge in [-0.05, 0) is 46.5 Å². The van der Waals surface area contributed by atoms with E-state index in [-0.39, 0.29) is 6.04 Å². The molecule has 1 aromatic carbocycles. The first-order valence-electron chi connectivity index (χ1n) is 6.16. The van der Waals surface area contributed by atoms with E-state index in [1.165, 1.54) is 6.07 Å². The van der Waals surface area contributed by atoms with Crippen molar-refractivity contribution >= 4 is 21.6 Å². The molecule has 0 aliphatic carbocycles. The standard InChI is InChI=1S/C13H16BrF3N2/c1-8-4-5-19(7-11(8)18)12-3-2-9(6-10(12)14)13(15,16)17/h2-3,6,8,11H,4-5,7,18H2,1H3. The zero-order valence-electron chi connectivity index (χ0n) is 10.5. The summed E-state index contributed by atoms with van der Waals surface area (Å²) in [5, 5.41) is 0. The van der Waals surface area contributed by atoms with Crippen molar-refractivity contribution < 1.29 is 13.2 Å². The van der Waals surface area contributed by atoms with Gasteiger partial charge in [-0.3, -0.25) is 0 Å². The lowest BCUT2D eigenvalue weighted by atomic mass is 9.94. The monoisotopic (exact) mass is 336 g/mol. The van der Waals surface area contributed by atoms with Gasteiger partial charge in [0.1, 0.15) is 0 Å². The fourth-order valence-corrected chi connectivity index (χ4v) is 2.89. The van der Waals surface area contributed by atoms with Gasteiger partial charge >= 0.3 is 6.18 Å². The predicted octanol–water partition coefficient (Wildman–Crippen LogP) is 3.64. The SMILES string of the molecule is CC1CCN(c2ccc(C(F)(F)F)cc2Br)CC1N. The molecular formula is C13H16BrF3N2. The van der Waals surface area contributed by atoms with E-state index in [1.807, 2.05) is 4.90 Å². The highest BCUT2D eigenvalue weighted by Gasteiger charge is 2.31. The molecule has 0 aromatic heterocycles. The summed E-state index contributed by atoms with van der Waals surface area (Å²) < 4.78 is 38.3. The molecule has 0 radical (unpaired) electrons. The molecule has 1 aliphatic heterocycles. The number of nitrogens with zero attached hydrogens (tertiary/aromatic N) is 1. The summed E-state index contributed by atoms with van der Waals surface area (Å²) in [7, 11) is 0. The smallest absolute Gasteiger partial charge is 0.369 e. The lowest BCUT2D eigenvalue weighted by Crippen LogP contribution is -2.47. The quantitative estimate of drug-likeness (QED) is 0.848. The van der Waals surface area contributed by atoms with Crippen LogP contribution >= 0.6 is 15.9 Å². The van der Waals surface area contributed by atoms with Crippen molar-refractivity contribution in [3.8, 4) is 0 Å². The van der Waals surface area contributed by atoms with E-state index >= 15 is 0 Å². The number of piperidine rings is 1. The molecule has 2 N–H and O–H groups in total. The first kappa shape index (κ1) is 14.7. The Morgan fingerprint density at radius 2 is 2.05 bits per heavy atom. The average molecular weight is 337 g/mol. The van der Waals surface area contributed by atoms with E-state index in [0.29, 0.717) is 16.9 Å². The zero-order valence-corrected chi connectivity index (χ0v) is 12.1. The van der Waals surface area contributed by atoms with E-state index in [9.17, 15) is 13.2 Å². The van der Waals surface area contributed by atoms with Gasteiger partial charge in [-0.25, -0.2) is 0 Å². The van der Waals surface area contributed by atoms with Crippen LogP contribution in [0.15, 0.2) is 22.7 Å². The van der Waals surface area contributed by atoms with Crippen molar-refractivity contribution in [1.29, 1.82) is 0 Å². The van der Waals surface area contributed by atoms with Crippen molar-refractivity contribution in [2.45, 2.75) is 25.6 Å².